The largest absolute Gasteiger partial charge is 0.484 e. The van der Waals surface area contributed by atoms with Crippen LogP contribution in [0.1, 0.15) is 55.3 Å². The second-order valence-corrected chi connectivity index (χ2v) is 10.8. The average molecular weight is 539 g/mol. The molecule has 2 aromatic rings. The van der Waals surface area contributed by atoms with Crippen molar-refractivity contribution in [1.82, 2.24) is 10.2 Å². The first kappa shape index (κ1) is 26.5. The summed E-state index contributed by atoms with van der Waals surface area (Å²) >= 11 is 5.98. The summed E-state index contributed by atoms with van der Waals surface area (Å²) in [6.07, 6.45) is 6.44. The summed E-state index contributed by atoms with van der Waals surface area (Å²) < 4.78 is 5.83. The van der Waals surface area contributed by atoms with Gasteiger partial charge in [0.2, 0.25) is 5.91 Å². The highest BCUT2D eigenvalue weighted by molar-refractivity contribution is 6.30. The minimum absolute atomic E-state index is 0.0669. The van der Waals surface area contributed by atoms with Gasteiger partial charge in [0.15, 0.2) is 6.61 Å². The molecular formula is C29H35ClN4O4. The molecule has 2 heterocycles. The van der Waals surface area contributed by atoms with E-state index in [-0.39, 0.29) is 42.7 Å². The number of carbonyl (C=O) groups is 3. The molecule has 0 radical (unpaired) electrons. The summed E-state index contributed by atoms with van der Waals surface area (Å²) in [6, 6.07) is 11.9. The Balaban J connectivity index is 1.45. The van der Waals surface area contributed by atoms with Crippen LogP contribution in [0.3, 0.4) is 0 Å². The van der Waals surface area contributed by atoms with Gasteiger partial charge in [-0.2, -0.15) is 0 Å². The quantitative estimate of drug-likeness (QED) is 0.586. The van der Waals surface area contributed by atoms with Gasteiger partial charge in [0.1, 0.15) is 5.75 Å². The molecule has 0 bridgehead atoms. The van der Waals surface area contributed by atoms with Crippen LogP contribution in [0.5, 0.6) is 5.75 Å². The van der Waals surface area contributed by atoms with E-state index in [1.807, 2.05) is 4.90 Å². The number of carbonyl (C=O) groups excluding carboxylic acids is 3. The van der Waals surface area contributed by atoms with Crippen molar-refractivity contribution in [2.24, 2.45) is 5.92 Å². The fraction of sp³-hybridized carbons (Fsp3) is 0.483. The molecule has 0 spiro atoms. The van der Waals surface area contributed by atoms with Crippen molar-refractivity contribution in [3.8, 4) is 5.75 Å². The number of halogens is 1. The monoisotopic (exact) mass is 538 g/mol. The first-order chi connectivity index (χ1) is 18.5. The van der Waals surface area contributed by atoms with Crippen molar-refractivity contribution >= 4 is 40.7 Å². The van der Waals surface area contributed by atoms with Crippen molar-refractivity contribution in [2.45, 2.75) is 51.0 Å². The van der Waals surface area contributed by atoms with E-state index in [9.17, 15) is 14.4 Å². The Morgan fingerprint density at radius 3 is 2.55 bits per heavy atom. The molecule has 5 rings (SSSR count). The van der Waals surface area contributed by atoms with Crippen LogP contribution >= 0.6 is 11.6 Å². The van der Waals surface area contributed by atoms with Crippen LogP contribution in [0.2, 0.25) is 5.02 Å². The van der Waals surface area contributed by atoms with Crippen molar-refractivity contribution in [1.29, 1.82) is 0 Å². The normalized spacial score (nSPS) is 20.7. The fourth-order valence-electron chi connectivity index (χ4n) is 5.83. The zero-order valence-corrected chi connectivity index (χ0v) is 22.3. The van der Waals surface area contributed by atoms with Crippen molar-refractivity contribution in [3.05, 3.63) is 53.1 Å². The van der Waals surface area contributed by atoms with Crippen molar-refractivity contribution in [2.75, 3.05) is 43.0 Å². The molecule has 2 aliphatic heterocycles. The predicted octanol–water partition coefficient (Wildman–Crippen LogP) is 4.48. The molecule has 1 saturated heterocycles. The Labute approximate surface area is 228 Å². The molecule has 1 atom stereocenters. The molecular weight excluding hydrogens is 504 g/mol. The Hall–Kier alpha value is -3.10. The summed E-state index contributed by atoms with van der Waals surface area (Å²) in [7, 11) is 0. The highest BCUT2D eigenvalue weighted by atomic mass is 35.5. The van der Waals surface area contributed by atoms with E-state index < -0.39 is 0 Å². The lowest BCUT2D eigenvalue weighted by Crippen LogP contribution is -2.47. The van der Waals surface area contributed by atoms with E-state index in [1.165, 1.54) is 6.42 Å². The molecule has 8 nitrogen and oxygen atoms in total. The van der Waals surface area contributed by atoms with E-state index in [0.717, 1.165) is 45.2 Å². The number of rotatable bonds is 5. The van der Waals surface area contributed by atoms with Gasteiger partial charge in [-0.1, -0.05) is 30.9 Å². The van der Waals surface area contributed by atoms with Crippen molar-refractivity contribution < 1.29 is 19.1 Å². The standard InChI is InChI=1S/C29H35ClN4O4/c30-22-8-10-23(11-9-22)38-19-28(36)34-25-12-7-21(29(37)33-15-4-13-31-14-16-33)17-24(25)32-27(35)18-26(34)20-5-2-1-3-6-20/h7-12,17,20,26,31H,1-6,13-16,18-19H2,(H,32,35). The highest BCUT2D eigenvalue weighted by Gasteiger charge is 2.38. The molecule has 9 heteroatoms. The van der Waals surface area contributed by atoms with Crippen LogP contribution < -0.4 is 20.3 Å². The fourth-order valence-corrected chi connectivity index (χ4v) is 5.96. The summed E-state index contributed by atoms with van der Waals surface area (Å²) in [6.45, 7) is 2.80. The van der Waals surface area contributed by atoms with Crippen LogP contribution in [-0.4, -0.2) is 61.4 Å². The smallest absolute Gasteiger partial charge is 0.265 e. The van der Waals surface area contributed by atoms with Gasteiger partial charge >= 0.3 is 0 Å². The second-order valence-electron chi connectivity index (χ2n) is 10.4. The molecule has 202 valence electrons. The number of benzene rings is 2. The maximum atomic E-state index is 13.8. The van der Waals surface area contributed by atoms with E-state index in [4.69, 9.17) is 16.3 Å². The Kier molecular flexibility index (Phi) is 8.49. The number of nitrogens with one attached hydrogen (secondary N) is 2. The first-order valence-corrected chi connectivity index (χ1v) is 14.0. The summed E-state index contributed by atoms with van der Waals surface area (Å²) in [5.41, 5.74) is 1.61. The molecule has 1 unspecified atom stereocenters. The Morgan fingerprint density at radius 1 is 0.974 bits per heavy atom. The van der Waals surface area contributed by atoms with E-state index >= 15 is 0 Å². The van der Waals surface area contributed by atoms with Crippen LogP contribution in [-0.2, 0) is 9.59 Å². The summed E-state index contributed by atoms with van der Waals surface area (Å²) in [5, 5.41) is 6.90. The van der Waals surface area contributed by atoms with Gasteiger partial charge in [0, 0.05) is 42.7 Å². The topological polar surface area (TPSA) is 91.0 Å². The SMILES string of the molecule is O=C1CC(C2CCCCC2)N(C(=O)COc2ccc(Cl)cc2)c2ccc(C(=O)N3CCCNCC3)cc2N1. The molecule has 3 amide bonds. The number of ether oxygens (including phenoxy) is 1. The highest BCUT2D eigenvalue weighted by Crippen LogP contribution is 2.39. The molecule has 1 aliphatic carbocycles. The van der Waals surface area contributed by atoms with Gasteiger partial charge in [-0.3, -0.25) is 14.4 Å². The third-order valence-corrected chi connectivity index (χ3v) is 8.02. The number of fused-ring (bicyclic) bond motifs is 1. The lowest BCUT2D eigenvalue weighted by molar-refractivity contribution is -0.121. The maximum absolute atomic E-state index is 13.8. The number of amides is 3. The number of hydrogen-bond donors (Lipinski definition) is 2. The minimum atomic E-state index is -0.267. The molecule has 38 heavy (non-hydrogen) atoms. The van der Waals surface area contributed by atoms with Crippen molar-refractivity contribution in [3.63, 3.8) is 0 Å². The molecule has 0 aromatic heterocycles. The lowest BCUT2D eigenvalue weighted by atomic mass is 9.81. The summed E-state index contributed by atoms with van der Waals surface area (Å²) in [5.74, 6) is 0.355. The maximum Gasteiger partial charge on any atom is 0.265 e. The molecule has 2 N–H and O–H groups in total. The van der Waals surface area contributed by atoms with Crippen LogP contribution in [0, 0.1) is 5.92 Å². The summed E-state index contributed by atoms with van der Waals surface area (Å²) in [4.78, 5) is 43.8. The number of hydrogen-bond acceptors (Lipinski definition) is 5. The second kappa shape index (κ2) is 12.2. The van der Waals surface area contributed by atoms with Gasteiger partial charge < -0.3 is 25.2 Å². The zero-order valence-electron chi connectivity index (χ0n) is 21.6. The van der Waals surface area contributed by atoms with Gasteiger partial charge in [-0.15, -0.1) is 0 Å². The van der Waals surface area contributed by atoms with E-state index in [2.05, 4.69) is 10.6 Å². The van der Waals surface area contributed by atoms with Gasteiger partial charge in [0.25, 0.3) is 11.8 Å². The zero-order chi connectivity index (χ0) is 26.5. The van der Waals surface area contributed by atoms with E-state index in [1.54, 1.807) is 47.4 Å². The van der Waals surface area contributed by atoms with Gasteiger partial charge in [-0.05, 0) is 74.2 Å². The first-order valence-electron chi connectivity index (χ1n) is 13.6. The van der Waals surface area contributed by atoms with Gasteiger partial charge in [0.05, 0.1) is 11.4 Å². The average Bonchev–Trinajstić information content (AvgIpc) is 3.30. The Bertz CT molecular complexity index is 1160. The number of anilines is 2. The third-order valence-electron chi connectivity index (χ3n) is 7.77. The molecule has 1 saturated carbocycles. The Morgan fingerprint density at radius 2 is 1.76 bits per heavy atom. The van der Waals surface area contributed by atoms with Crippen LogP contribution in [0.4, 0.5) is 11.4 Å². The molecule has 2 fully saturated rings. The molecule has 3 aliphatic rings. The minimum Gasteiger partial charge on any atom is -0.484 e. The third kappa shape index (κ3) is 6.13. The van der Waals surface area contributed by atoms with Gasteiger partial charge in [-0.25, -0.2) is 0 Å². The predicted molar refractivity (Wildman–Crippen MR) is 148 cm³/mol. The lowest BCUT2D eigenvalue weighted by Gasteiger charge is -2.37. The van der Waals surface area contributed by atoms with Crippen LogP contribution in [0.15, 0.2) is 42.5 Å². The van der Waals surface area contributed by atoms with Crippen LogP contribution in [0.25, 0.3) is 0 Å². The molecule has 2 aromatic carbocycles. The van der Waals surface area contributed by atoms with E-state index in [0.29, 0.717) is 40.8 Å². The number of nitrogens with zero attached hydrogens (tertiary/aromatic N) is 2.